The van der Waals surface area contributed by atoms with Crippen molar-refractivity contribution in [2.75, 3.05) is 10.2 Å². The maximum Gasteiger partial charge on any atom is 0.229 e. The van der Waals surface area contributed by atoms with Crippen LogP contribution in [0.4, 0.5) is 26.0 Å². The molecule has 0 aliphatic rings. The second-order valence-corrected chi connectivity index (χ2v) is 6.88. The Morgan fingerprint density at radius 3 is 2.68 bits per heavy atom. The molecular weight excluding hydrogens is 426 g/mol. The van der Waals surface area contributed by atoms with Gasteiger partial charge in [0.05, 0.1) is 28.8 Å². The van der Waals surface area contributed by atoms with Gasteiger partial charge in [-0.05, 0) is 35.9 Å². The molecule has 0 radical (unpaired) electrons. The van der Waals surface area contributed by atoms with Crippen molar-refractivity contribution in [2.45, 2.75) is 13.3 Å². The van der Waals surface area contributed by atoms with E-state index < -0.39 is 23.4 Å². The van der Waals surface area contributed by atoms with Gasteiger partial charge < -0.3 is 5.32 Å². The number of nitrogens with zero attached hydrogens (tertiary/aromatic N) is 3. The topological polar surface area (TPSA) is 86.1 Å². The molecule has 6 nitrogen and oxygen atoms in total. The van der Waals surface area contributed by atoms with Gasteiger partial charge in [-0.25, -0.2) is 13.8 Å². The zero-order chi connectivity index (χ0) is 22.5. The van der Waals surface area contributed by atoms with Gasteiger partial charge in [-0.3, -0.25) is 14.5 Å². The van der Waals surface area contributed by atoms with Crippen LogP contribution in [0.5, 0.6) is 0 Å². The minimum atomic E-state index is -0.684. The molecule has 0 aliphatic heterocycles. The zero-order valence-electron chi connectivity index (χ0n) is 16.2. The van der Waals surface area contributed by atoms with E-state index in [-0.39, 0.29) is 28.5 Å². The maximum atomic E-state index is 13.9. The van der Waals surface area contributed by atoms with Crippen LogP contribution in [-0.4, -0.2) is 16.8 Å². The first-order valence-corrected chi connectivity index (χ1v) is 9.36. The lowest BCUT2D eigenvalue weighted by molar-refractivity contribution is -0.116. The quantitative estimate of drug-likeness (QED) is 0.620. The Kier molecular flexibility index (Phi) is 6.58. The number of carbonyl (C=O) groups excluding carboxylic acids is 2. The molecule has 31 heavy (non-hydrogen) atoms. The first-order valence-electron chi connectivity index (χ1n) is 8.98. The van der Waals surface area contributed by atoms with E-state index in [1.54, 1.807) is 0 Å². The smallest absolute Gasteiger partial charge is 0.229 e. The molecule has 1 heterocycles. The number of hydrogen-bond donors (Lipinski definition) is 1. The van der Waals surface area contributed by atoms with E-state index in [4.69, 9.17) is 16.9 Å². The number of rotatable bonds is 5. The van der Waals surface area contributed by atoms with Crippen molar-refractivity contribution in [1.29, 1.82) is 5.26 Å². The summed E-state index contributed by atoms with van der Waals surface area (Å²) >= 11 is 5.88. The lowest BCUT2D eigenvalue weighted by atomic mass is 10.1. The Bertz CT molecular complexity index is 1210. The molecule has 2 aromatic carbocycles. The predicted molar refractivity (Wildman–Crippen MR) is 112 cm³/mol. The van der Waals surface area contributed by atoms with E-state index in [1.165, 1.54) is 49.5 Å². The monoisotopic (exact) mass is 440 g/mol. The van der Waals surface area contributed by atoms with Gasteiger partial charge in [0, 0.05) is 24.9 Å². The van der Waals surface area contributed by atoms with Crippen LogP contribution in [0.25, 0.3) is 0 Å². The van der Waals surface area contributed by atoms with Crippen LogP contribution >= 0.6 is 11.6 Å². The van der Waals surface area contributed by atoms with E-state index in [0.29, 0.717) is 11.3 Å². The second kappa shape index (κ2) is 9.32. The summed E-state index contributed by atoms with van der Waals surface area (Å²) in [6.07, 6.45) is 1.20. The minimum Gasteiger partial charge on any atom is -0.326 e. The van der Waals surface area contributed by atoms with E-state index in [9.17, 15) is 18.4 Å². The fourth-order valence-electron chi connectivity index (χ4n) is 2.92. The van der Waals surface area contributed by atoms with Crippen LogP contribution in [0.2, 0.25) is 5.02 Å². The molecule has 3 aromatic rings. The van der Waals surface area contributed by atoms with E-state index in [0.717, 1.165) is 17.0 Å². The van der Waals surface area contributed by atoms with Crippen LogP contribution in [-0.2, 0) is 16.0 Å². The molecule has 1 N–H and O–H groups in total. The minimum absolute atomic E-state index is 0.0395. The van der Waals surface area contributed by atoms with Crippen LogP contribution in [0, 0.1) is 23.0 Å². The summed E-state index contributed by atoms with van der Waals surface area (Å²) in [7, 11) is 0. The third-order valence-corrected chi connectivity index (χ3v) is 4.65. The average Bonchev–Trinajstić information content (AvgIpc) is 2.71. The Balaban J connectivity index is 1.86. The van der Waals surface area contributed by atoms with Crippen molar-refractivity contribution in [3.63, 3.8) is 0 Å². The lowest BCUT2D eigenvalue weighted by Crippen LogP contribution is -2.24. The van der Waals surface area contributed by atoms with Crippen molar-refractivity contribution >= 4 is 40.6 Å². The van der Waals surface area contributed by atoms with Crippen molar-refractivity contribution in [3.05, 3.63) is 82.5 Å². The van der Waals surface area contributed by atoms with Crippen LogP contribution < -0.4 is 10.2 Å². The maximum absolute atomic E-state index is 13.9. The SMILES string of the molecule is CC(=O)N(c1cc(F)cc(C#N)c1)c1cc(NC(=O)Cc2cccc(F)c2Cl)ccn1. The molecule has 9 heteroatoms. The van der Waals surface area contributed by atoms with Gasteiger partial charge in [0.25, 0.3) is 0 Å². The molecule has 0 saturated heterocycles. The summed E-state index contributed by atoms with van der Waals surface area (Å²) in [5.74, 6) is -2.13. The number of anilines is 3. The van der Waals surface area contributed by atoms with Gasteiger partial charge in [-0.15, -0.1) is 0 Å². The molecule has 0 fully saturated rings. The summed E-state index contributed by atoms with van der Waals surface area (Å²) in [4.78, 5) is 29.9. The van der Waals surface area contributed by atoms with E-state index in [1.807, 2.05) is 6.07 Å². The molecule has 0 aliphatic carbocycles. The molecule has 0 spiro atoms. The number of amides is 2. The molecule has 0 saturated carbocycles. The van der Waals surface area contributed by atoms with Crippen molar-refractivity contribution in [1.82, 2.24) is 4.98 Å². The number of nitrogens with one attached hydrogen (secondary N) is 1. The molecule has 2 amide bonds. The highest BCUT2D eigenvalue weighted by Gasteiger charge is 2.18. The Labute approximate surface area is 181 Å². The summed E-state index contributed by atoms with van der Waals surface area (Å²) < 4.78 is 27.4. The molecule has 1 aromatic heterocycles. The fraction of sp³-hybridized carbons (Fsp3) is 0.0909. The first kappa shape index (κ1) is 21.9. The number of nitriles is 1. The van der Waals surface area contributed by atoms with Gasteiger partial charge in [-0.2, -0.15) is 5.26 Å². The number of benzene rings is 2. The van der Waals surface area contributed by atoms with Gasteiger partial charge in [0.15, 0.2) is 0 Å². The number of carbonyl (C=O) groups is 2. The second-order valence-electron chi connectivity index (χ2n) is 6.50. The summed E-state index contributed by atoms with van der Waals surface area (Å²) in [5, 5.41) is 11.6. The summed E-state index contributed by atoms with van der Waals surface area (Å²) in [5.41, 5.74) is 0.789. The van der Waals surface area contributed by atoms with Gasteiger partial charge in [-0.1, -0.05) is 23.7 Å². The van der Waals surface area contributed by atoms with Crippen molar-refractivity contribution in [3.8, 4) is 6.07 Å². The molecule has 156 valence electrons. The zero-order valence-corrected chi connectivity index (χ0v) is 17.0. The van der Waals surface area contributed by atoms with Gasteiger partial charge >= 0.3 is 0 Å². The molecule has 0 atom stereocenters. The highest BCUT2D eigenvalue weighted by molar-refractivity contribution is 6.31. The summed E-state index contributed by atoms with van der Waals surface area (Å²) in [6.45, 7) is 1.26. The Morgan fingerprint density at radius 1 is 1.19 bits per heavy atom. The Morgan fingerprint density at radius 2 is 1.97 bits per heavy atom. The van der Waals surface area contributed by atoms with Gasteiger partial charge in [0.1, 0.15) is 17.5 Å². The largest absolute Gasteiger partial charge is 0.326 e. The fourth-order valence-corrected chi connectivity index (χ4v) is 3.12. The third-order valence-electron chi connectivity index (χ3n) is 4.23. The number of hydrogen-bond acceptors (Lipinski definition) is 4. The number of aromatic nitrogens is 1. The summed E-state index contributed by atoms with van der Waals surface area (Å²) in [6, 6.07) is 12.4. The number of halogens is 3. The normalized spacial score (nSPS) is 10.3. The molecular formula is C22H15ClF2N4O2. The van der Waals surface area contributed by atoms with E-state index >= 15 is 0 Å². The molecule has 0 unspecified atom stereocenters. The van der Waals surface area contributed by atoms with Gasteiger partial charge in [0.2, 0.25) is 11.8 Å². The number of pyridine rings is 1. The highest BCUT2D eigenvalue weighted by atomic mass is 35.5. The predicted octanol–water partition coefficient (Wildman–Crippen LogP) is 4.75. The van der Waals surface area contributed by atoms with Crippen molar-refractivity contribution < 1.29 is 18.4 Å². The van der Waals surface area contributed by atoms with E-state index in [2.05, 4.69) is 10.3 Å². The standard InChI is InChI=1S/C22H15ClF2N4O2/c1-13(30)29(18-8-14(12-26)7-16(24)10-18)20-11-17(5-6-27-20)28-21(31)9-15-3-2-4-19(25)22(15)23/h2-8,10-11H,9H2,1H3,(H,27,28,31). The van der Waals surface area contributed by atoms with Crippen LogP contribution in [0.1, 0.15) is 18.1 Å². The first-order chi connectivity index (χ1) is 14.8. The third kappa shape index (κ3) is 5.21. The highest BCUT2D eigenvalue weighted by Crippen LogP contribution is 2.28. The van der Waals surface area contributed by atoms with Crippen LogP contribution in [0.3, 0.4) is 0 Å². The van der Waals surface area contributed by atoms with Crippen LogP contribution in [0.15, 0.2) is 54.7 Å². The lowest BCUT2D eigenvalue weighted by Gasteiger charge is -2.21. The average molecular weight is 441 g/mol. The molecule has 0 bridgehead atoms. The Hall–Kier alpha value is -3.83. The van der Waals surface area contributed by atoms with Crippen molar-refractivity contribution in [2.24, 2.45) is 0 Å². The molecule has 3 rings (SSSR count).